The molecule has 29 heavy (non-hydrogen) atoms. The van der Waals surface area contributed by atoms with Crippen LogP contribution in [0.2, 0.25) is 5.02 Å². The zero-order chi connectivity index (χ0) is 20.4. The van der Waals surface area contributed by atoms with Crippen molar-refractivity contribution in [1.29, 1.82) is 0 Å². The summed E-state index contributed by atoms with van der Waals surface area (Å²) in [5, 5.41) is 0.654. The largest absolute Gasteiger partial charge is 0.497 e. The van der Waals surface area contributed by atoms with Crippen LogP contribution in [0.5, 0.6) is 5.75 Å². The van der Waals surface area contributed by atoms with E-state index in [1.165, 1.54) is 12.1 Å². The van der Waals surface area contributed by atoms with Gasteiger partial charge in [0.2, 0.25) is 0 Å². The molecule has 0 amide bonds. The van der Waals surface area contributed by atoms with Crippen LogP contribution in [0.4, 0.5) is 4.39 Å². The molecule has 1 heterocycles. The molecule has 0 aliphatic carbocycles. The summed E-state index contributed by atoms with van der Waals surface area (Å²) in [5.74, 6) is 0.533. The lowest BCUT2D eigenvalue weighted by atomic mass is 10.1. The smallest absolute Gasteiger partial charge is 0.185 e. The SMILES string of the molecule is COc1ccc(Cn2cc(-c3ccc(F)cc3)n(-c3ccc(Cl)cc3)c2=S)cc1. The second-order valence-electron chi connectivity index (χ2n) is 6.59. The van der Waals surface area contributed by atoms with Crippen molar-refractivity contribution in [2.75, 3.05) is 7.11 Å². The van der Waals surface area contributed by atoms with Gasteiger partial charge >= 0.3 is 0 Å². The maximum absolute atomic E-state index is 13.4. The monoisotopic (exact) mass is 424 g/mol. The lowest BCUT2D eigenvalue weighted by Crippen LogP contribution is -2.01. The number of aromatic nitrogens is 2. The van der Waals surface area contributed by atoms with E-state index in [0.29, 0.717) is 16.3 Å². The van der Waals surface area contributed by atoms with Gasteiger partial charge in [0.1, 0.15) is 11.6 Å². The van der Waals surface area contributed by atoms with Crippen LogP contribution in [-0.4, -0.2) is 16.2 Å². The Morgan fingerprint density at radius 2 is 1.59 bits per heavy atom. The van der Waals surface area contributed by atoms with Gasteiger partial charge in [0.15, 0.2) is 4.77 Å². The molecule has 0 aliphatic heterocycles. The fraction of sp³-hybridized carbons (Fsp3) is 0.0870. The highest BCUT2D eigenvalue weighted by Crippen LogP contribution is 2.27. The predicted molar refractivity (Wildman–Crippen MR) is 117 cm³/mol. The van der Waals surface area contributed by atoms with E-state index in [0.717, 1.165) is 28.3 Å². The summed E-state index contributed by atoms with van der Waals surface area (Å²) in [4.78, 5) is 0. The number of methoxy groups -OCH3 is 1. The molecule has 146 valence electrons. The van der Waals surface area contributed by atoms with Gasteiger partial charge < -0.3 is 9.30 Å². The summed E-state index contributed by atoms with van der Waals surface area (Å²) < 4.78 is 23.3. The van der Waals surface area contributed by atoms with E-state index in [9.17, 15) is 4.39 Å². The number of rotatable bonds is 5. The molecule has 4 aromatic rings. The number of hydrogen-bond acceptors (Lipinski definition) is 2. The Balaban J connectivity index is 1.82. The van der Waals surface area contributed by atoms with Crippen LogP contribution < -0.4 is 4.74 Å². The van der Waals surface area contributed by atoms with Gasteiger partial charge in [-0.05, 0) is 78.4 Å². The van der Waals surface area contributed by atoms with Crippen LogP contribution >= 0.6 is 23.8 Å². The molecule has 0 atom stereocenters. The van der Waals surface area contributed by atoms with Gasteiger partial charge in [-0.2, -0.15) is 0 Å². The molecular weight excluding hydrogens is 407 g/mol. The second kappa shape index (κ2) is 8.23. The third kappa shape index (κ3) is 4.11. The quantitative estimate of drug-likeness (QED) is 0.339. The lowest BCUT2D eigenvalue weighted by Gasteiger charge is -2.09. The molecule has 0 radical (unpaired) electrons. The van der Waals surface area contributed by atoms with Crippen molar-refractivity contribution in [1.82, 2.24) is 9.13 Å². The first-order chi connectivity index (χ1) is 14.0. The summed E-state index contributed by atoms with van der Waals surface area (Å²) in [7, 11) is 1.65. The summed E-state index contributed by atoms with van der Waals surface area (Å²) in [6.45, 7) is 0.609. The van der Waals surface area contributed by atoms with Crippen molar-refractivity contribution >= 4 is 23.8 Å². The molecule has 3 nitrogen and oxygen atoms in total. The van der Waals surface area contributed by atoms with Crippen LogP contribution in [0.15, 0.2) is 79.0 Å². The first-order valence-corrected chi connectivity index (χ1v) is 9.81. The zero-order valence-corrected chi connectivity index (χ0v) is 17.3. The molecule has 0 bridgehead atoms. The fourth-order valence-corrected chi connectivity index (χ4v) is 3.64. The lowest BCUT2D eigenvalue weighted by molar-refractivity contribution is 0.414. The van der Waals surface area contributed by atoms with Gasteiger partial charge in [0.25, 0.3) is 0 Å². The van der Waals surface area contributed by atoms with Crippen molar-refractivity contribution in [3.63, 3.8) is 0 Å². The molecule has 4 rings (SSSR count). The number of benzene rings is 3. The Morgan fingerprint density at radius 3 is 2.21 bits per heavy atom. The number of halogens is 2. The highest BCUT2D eigenvalue weighted by Gasteiger charge is 2.13. The van der Waals surface area contributed by atoms with Crippen LogP contribution in [0.1, 0.15) is 5.56 Å². The molecule has 0 spiro atoms. The van der Waals surface area contributed by atoms with Crippen LogP contribution in [-0.2, 0) is 6.54 Å². The van der Waals surface area contributed by atoms with E-state index in [2.05, 4.69) is 0 Å². The average Bonchev–Trinajstić information content (AvgIpc) is 3.06. The summed E-state index contributed by atoms with van der Waals surface area (Å²) in [6.07, 6.45) is 1.99. The highest BCUT2D eigenvalue weighted by atomic mass is 35.5. The maximum atomic E-state index is 13.4. The summed E-state index contributed by atoms with van der Waals surface area (Å²) in [6, 6.07) is 21.8. The molecule has 0 N–H and O–H groups in total. The normalized spacial score (nSPS) is 10.9. The summed E-state index contributed by atoms with van der Waals surface area (Å²) in [5.41, 5.74) is 3.75. The van der Waals surface area contributed by atoms with Gasteiger partial charge in [-0.1, -0.05) is 23.7 Å². The summed E-state index contributed by atoms with van der Waals surface area (Å²) >= 11 is 11.9. The first-order valence-electron chi connectivity index (χ1n) is 9.02. The zero-order valence-electron chi connectivity index (χ0n) is 15.7. The average molecular weight is 425 g/mol. The molecule has 0 saturated heterocycles. The highest BCUT2D eigenvalue weighted by molar-refractivity contribution is 7.71. The first kappa shape index (κ1) is 19.4. The standard InChI is InChI=1S/C23H18ClFN2OS/c1-28-21-12-2-16(3-13-21)14-26-15-22(17-4-8-19(25)9-5-17)27(23(26)29)20-10-6-18(24)7-11-20/h2-13,15H,14H2,1H3. The van der Waals surface area contributed by atoms with E-state index in [1.807, 2.05) is 63.9 Å². The Hall–Kier alpha value is -2.89. The molecular formula is C23H18ClFN2OS. The van der Waals surface area contributed by atoms with Crippen LogP contribution in [0.25, 0.3) is 16.9 Å². The van der Waals surface area contributed by atoms with Crippen molar-refractivity contribution in [2.24, 2.45) is 0 Å². The van der Waals surface area contributed by atoms with Crippen molar-refractivity contribution in [2.45, 2.75) is 6.54 Å². The van der Waals surface area contributed by atoms with Crippen LogP contribution in [0.3, 0.4) is 0 Å². The molecule has 0 aliphatic rings. The van der Waals surface area contributed by atoms with Gasteiger partial charge in [0.05, 0.1) is 12.8 Å². The third-order valence-electron chi connectivity index (χ3n) is 4.69. The van der Waals surface area contributed by atoms with Gasteiger partial charge in [-0.15, -0.1) is 0 Å². The fourth-order valence-electron chi connectivity index (χ4n) is 3.20. The minimum atomic E-state index is -0.275. The van der Waals surface area contributed by atoms with E-state index in [-0.39, 0.29) is 5.82 Å². The number of imidazole rings is 1. The van der Waals surface area contributed by atoms with Crippen LogP contribution in [0, 0.1) is 10.6 Å². The van der Waals surface area contributed by atoms with E-state index in [4.69, 9.17) is 28.6 Å². The Kier molecular flexibility index (Phi) is 5.51. The Morgan fingerprint density at radius 1 is 0.931 bits per heavy atom. The van der Waals surface area contributed by atoms with Crippen molar-refractivity contribution in [3.05, 3.63) is 100 Å². The van der Waals surface area contributed by atoms with Crippen molar-refractivity contribution < 1.29 is 9.13 Å². The van der Waals surface area contributed by atoms with Gasteiger partial charge in [-0.25, -0.2) is 4.39 Å². The molecule has 0 unspecified atom stereocenters. The van der Waals surface area contributed by atoms with Gasteiger partial charge in [-0.3, -0.25) is 4.57 Å². The molecule has 3 aromatic carbocycles. The molecule has 6 heteroatoms. The molecule has 0 saturated carbocycles. The Labute approximate surface area is 178 Å². The predicted octanol–water partition coefficient (Wildman–Crippen LogP) is 6.52. The van der Waals surface area contributed by atoms with E-state index >= 15 is 0 Å². The van der Waals surface area contributed by atoms with Crippen molar-refractivity contribution in [3.8, 4) is 22.7 Å². The number of ether oxygens (including phenoxy) is 1. The number of nitrogens with zero attached hydrogens (tertiary/aromatic N) is 2. The number of hydrogen-bond donors (Lipinski definition) is 0. The minimum absolute atomic E-state index is 0.275. The second-order valence-corrected chi connectivity index (χ2v) is 7.39. The molecule has 1 aromatic heterocycles. The van der Waals surface area contributed by atoms with E-state index in [1.54, 1.807) is 19.2 Å². The van der Waals surface area contributed by atoms with Gasteiger partial charge in [0, 0.05) is 29.0 Å². The third-order valence-corrected chi connectivity index (χ3v) is 5.36. The Bertz CT molecular complexity index is 1180. The minimum Gasteiger partial charge on any atom is -0.497 e. The van der Waals surface area contributed by atoms with E-state index < -0.39 is 0 Å². The maximum Gasteiger partial charge on any atom is 0.185 e. The topological polar surface area (TPSA) is 19.1 Å². The molecule has 0 fully saturated rings.